The molecule has 0 saturated carbocycles. The standard InChI is InChI=1S/C17H36O4/c1-12(2)11-17(8,20-10)14(18)13(3)15(4,5)21-16(6,7)19-9/h12-14,18H,11H2,1-10H3. The molecule has 0 bridgehead atoms. The topological polar surface area (TPSA) is 47.9 Å². The summed E-state index contributed by atoms with van der Waals surface area (Å²) in [4.78, 5) is 0. The van der Waals surface area contributed by atoms with Gasteiger partial charge in [0.1, 0.15) is 0 Å². The van der Waals surface area contributed by atoms with Gasteiger partial charge in [0.25, 0.3) is 0 Å². The van der Waals surface area contributed by atoms with E-state index in [0.29, 0.717) is 5.92 Å². The lowest BCUT2D eigenvalue weighted by atomic mass is 9.76. The maximum absolute atomic E-state index is 10.8. The number of methoxy groups -OCH3 is 2. The van der Waals surface area contributed by atoms with Gasteiger partial charge in [-0.15, -0.1) is 0 Å². The Kier molecular flexibility index (Phi) is 7.35. The third-order valence-corrected chi connectivity index (χ3v) is 4.48. The zero-order chi connectivity index (χ0) is 17.1. The van der Waals surface area contributed by atoms with Gasteiger partial charge in [-0.05, 0) is 47.0 Å². The number of aliphatic hydroxyl groups is 1. The van der Waals surface area contributed by atoms with Crippen LogP contribution < -0.4 is 0 Å². The summed E-state index contributed by atoms with van der Waals surface area (Å²) in [6.45, 7) is 15.9. The molecular weight excluding hydrogens is 268 g/mol. The molecule has 0 aliphatic heterocycles. The molecule has 0 aliphatic carbocycles. The van der Waals surface area contributed by atoms with Gasteiger partial charge in [-0.3, -0.25) is 0 Å². The van der Waals surface area contributed by atoms with E-state index in [-0.39, 0.29) is 5.92 Å². The van der Waals surface area contributed by atoms with Crippen molar-refractivity contribution in [1.29, 1.82) is 0 Å². The van der Waals surface area contributed by atoms with E-state index in [0.717, 1.165) is 6.42 Å². The second-order valence-electron chi connectivity index (χ2n) is 7.66. The van der Waals surface area contributed by atoms with Crippen molar-refractivity contribution >= 4 is 0 Å². The van der Waals surface area contributed by atoms with Gasteiger partial charge in [-0.1, -0.05) is 20.8 Å². The van der Waals surface area contributed by atoms with Crippen molar-refractivity contribution in [1.82, 2.24) is 0 Å². The Hall–Kier alpha value is -0.160. The highest BCUT2D eigenvalue weighted by Crippen LogP contribution is 2.36. The Bertz CT molecular complexity index is 312. The number of ether oxygens (including phenoxy) is 3. The van der Waals surface area contributed by atoms with Gasteiger partial charge < -0.3 is 19.3 Å². The van der Waals surface area contributed by atoms with Gasteiger partial charge in [-0.25, -0.2) is 0 Å². The Morgan fingerprint density at radius 2 is 1.38 bits per heavy atom. The molecule has 128 valence electrons. The summed E-state index contributed by atoms with van der Waals surface area (Å²) in [7, 11) is 3.28. The summed E-state index contributed by atoms with van der Waals surface area (Å²) >= 11 is 0. The molecule has 21 heavy (non-hydrogen) atoms. The van der Waals surface area contributed by atoms with Crippen LogP contribution in [0.1, 0.15) is 61.8 Å². The van der Waals surface area contributed by atoms with E-state index in [1.165, 1.54) is 0 Å². The van der Waals surface area contributed by atoms with Crippen molar-refractivity contribution in [2.45, 2.75) is 84.9 Å². The fourth-order valence-corrected chi connectivity index (χ4v) is 2.81. The highest BCUT2D eigenvalue weighted by molar-refractivity contribution is 4.94. The predicted octanol–water partition coefficient (Wildman–Crippen LogP) is 3.61. The molecule has 0 heterocycles. The predicted molar refractivity (Wildman–Crippen MR) is 86.3 cm³/mol. The lowest BCUT2D eigenvalue weighted by Crippen LogP contribution is -2.54. The van der Waals surface area contributed by atoms with Crippen LogP contribution >= 0.6 is 0 Å². The van der Waals surface area contributed by atoms with Gasteiger partial charge >= 0.3 is 0 Å². The first-order valence-electron chi connectivity index (χ1n) is 7.80. The van der Waals surface area contributed by atoms with Crippen molar-refractivity contribution < 1.29 is 19.3 Å². The third kappa shape index (κ3) is 5.85. The quantitative estimate of drug-likeness (QED) is 0.661. The molecule has 0 aromatic carbocycles. The number of rotatable bonds is 9. The molecule has 0 saturated heterocycles. The molecular formula is C17H36O4. The van der Waals surface area contributed by atoms with Crippen LogP contribution in [-0.4, -0.2) is 42.4 Å². The average molecular weight is 304 g/mol. The van der Waals surface area contributed by atoms with Gasteiger partial charge in [0.05, 0.1) is 17.3 Å². The molecule has 0 fully saturated rings. The maximum atomic E-state index is 10.8. The van der Waals surface area contributed by atoms with Crippen molar-refractivity contribution in [3.05, 3.63) is 0 Å². The fraction of sp³-hybridized carbons (Fsp3) is 1.00. The summed E-state index contributed by atoms with van der Waals surface area (Å²) in [5.41, 5.74) is -1.14. The first-order chi connectivity index (χ1) is 9.31. The SMILES string of the molecule is COC(C)(C)OC(C)(C)C(C)C(O)C(C)(CC(C)C)OC. The van der Waals surface area contributed by atoms with Gasteiger partial charge in [0.2, 0.25) is 0 Å². The zero-order valence-electron chi connectivity index (χ0n) is 15.6. The van der Waals surface area contributed by atoms with Crippen molar-refractivity contribution in [3.8, 4) is 0 Å². The largest absolute Gasteiger partial charge is 0.390 e. The van der Waals surface area contributed by atoms with Crippen LogP contribution in [0.5, 0.6) is 0 Å². The number of aliphatic hydroxyl groups excluding tert-OH is 1. The van der Waals surface area contributed by atoms with Gasteiger partial charge in [0, 0.05) is 20.1 Å². The van der Waals surface area contributed by atoms with Gasteiger partial charge in [-0.2, -0.15) is 0 Å². The van der Waals surface area contributed by atoms with E-state index >= 15 is 0 Å². The molecule has 3 atom stereocenters. The van der Waals surface area contributed by atoms with E-state index in [2.05, 4.69) is 13.8 Å². The van der Waals surface area contributed by atoms with Crippen LogP contribution in [0.3, 0.4) is 0 Å². The first kappa shape index (κ1) is 20.8. The molecule has 0 aromatic heterocycles. The van der Waals surface area contributed by atoms with E-state index in [9.17, 15) is 5.11 Å². The zero-order valence-corrected chi connectivity index (χ0v) is 15.6. The highest BCUT2D eigenvalue weighted by Gasteiger charge is 2.45. The lowest BCUT2D eigenvalue weighted by Gasteiger charge is -2.45. The Morgan fingerprint density at radius 3 is 1.71 bits per heavy atom. The summed E-state index contributed by atoms with van der Waals surface area (Å²) in [6, 6.07) is 0. The first-order valence-corrected chi connectivity index (χ1v) is 7.80. The molecule has 1 N–H and O–H groups in total. The number of hydrogen-bond acceptors (Lipinski definition) is 4. The Balaban J connectivity index is 5.15. The molecule has 0 spiro atoms. The van der Waals surface area contributed by atoms with Crippen LogP contribution in [0.4, 0.5) is 0 Å². The van der Waals surface area contributed by atoms with Crippen LogP contribution in [0, 0.1) is 11.8 Å². The minimum absolute atomic E-state index is 0.115. The molecule has 0 aromatic rings. The molecule has 4 heteroatoms. The van der Waals surface area contributed by atoms with Crippen molar-refractivity contribution in [2.24, 2.45) is 11.8 Å². The summed E-state index contributed by atoms with van der Waals surface area (Å²) in [5.74, 6) is -0.370. The Labute approximate surface area is 131 Å². The summed E-state index contributed by atoms with van der Waals surface area (Å²) in [6.07, 6.45) is 0.159. The second-order valence-corrected chi connectivity index (χ2v) is 7.66. The normalized spacial score (nSPS) is 19.4. The average Bonchev–Trinajstić information content (AvgIpc) is 2.34. The van der Waals surface area contributed by atoms with Crippen LogP contribution in [0.15, 0.2) is 0 Å². The monoisotopic (exact) mass is 304 g/mol. The third-order valence-electron chi connectivity index (χ3n) is 4.48. The van der Waals surface area contributed by atoms with E-state index in [4.69, 9.17) is 14.2 Å². The molecule has 4 nitrogen and oxygen atoms in total. The minimum Gasteiger partial charge on any atom is -0.390 e. The molecule has 0 rings (SSSR count). The van der Waals surface area contributed by atoms with Crippen LogP contribution in [0.2, 0.25) is 0 Å². The molecule has 0 amide bonds. The fourth-order valence-electron chi connectivity index (χ4n) is 2.81. The molecule has 3 unspecified atom stereocenters. The van der Waals surface area contributed by atoms with E-state index < -0.39 is 23.1 Å². The lowest BCUT2D eigenvalue weighted by molar-refractivity contribution is -0.275. The highest BCUT2D eigenvalue weighted by atomic mass is 16.7. The minimum atomic E-state index is -0.695. The van der Waals surface area contributed by atoms with Gasteiger partial charge in [0.15, 0.2) is 5.79 Å². The molecule has 0 aliphatic rings. The van der Waals surface area contributed by atoms with Crippen molar-refractivity contribution in [3.63, 3.8) is 0 Å². The van der Waals surface area contributed by atoms with Crippen LogP contribution in [0.25, 0.3) is 0 Å². The van der Waals surface area contributed by atoms with E-state index in [1.807, 2.05) is 41.5 Å². The second kappa shape index (κ2) is 7.40. The van der Waals surface area contributed by atoms with E-state index in [1.54, 1.807) is 14.2 Å². The summed E-state index contributed by atoms with van der Waals surface area (Å²) in [5, 5.41) is 10.8. The maximum Gasteiger partial charge on any atom is 0.163 e. The number of hydrogen-bond donors (Lipinski definition) is 1. The smallest absolute Gasteiger partial charge is 0.163 e. The van der Waals surface area contributed by atoms with Crippen molar-refractivity contribution in [2.75, 3.05) is 14.2 Å². The Morgan fingerprint density at radius 1 is 0.905 bits per heavy atom. The van der Waals surface area contributed by atoms with Crippen LogP contribution in [-0.2, 0) is 14.2 Å². The summed E-state index contributed by atoms with van der Waals surface area (Å²) < 4.78 is 17.1. The molecule has 0 radical (unpaired) electrons.